The van der Waals surface area contributed by atoms with Crippen LogP contribution in [0, 0.1) is 5.92 Å². The largest absolute Gasteiger partial charge is 0.469 e. The number of rotatable bonds is 7. The molecule has 2 N–H and O–H groups in total. The molecular formula is C20H35IN4O2. The van der Waals surface area contributed by atoms with Gasteiger partial charge in [-0.3, -0.25) is 4.99 Å². The molecule has 27 heavy (non-hydrogen) atoms. The van der Waals surface area contributed by atoms with E-state index in [0.29, 0.717) is 18.0 Å². The molecule has 7 heteroatoms. The Morgan fingerprint density at radius 1 is 1.30 bits per heavy atom. The van der Waals surface area contributed by atoms with Crippen LogP contribution in [0.25, 0.3) is 0 Å². The number of guanidine groups is 1. The molecule has 1 aromatic heterocycles. The van der Waals surface area contributed by atoms with Gasteiger partial charge in [0.15, 0.2) is 5.96 Å². The summed E-state index contributed by atoms with van der Waals surface area (Å²) < 4.78 is 10.9. The van der Waals surface area contributed by atoms with Gasteiger partial charge in [-0.2, -0.15) is 0 Å². The van der Waals surface area contributed by atoms with Crippen LogP contribution in [0.4, 0.5) is 0 Å². The van der Waals surface area contributed by atoms with E-state index in [1.807, 2.05) is 12.1 Å². The smallest absolute Gasteiger partial charge is 0.191 e. The molecule has 1 unspecified atom stereocenters. The molecule has 6 nitrogen and oxygen atoms in total. The molecule has 1 atom stereocenters. The quantitative estimate of drug-likeness (QED) is 0.350. The van der Waals surface area contributed by atoms with Gasteiger partial charge < -0.3 is 24.7 Å². The van der Waals surface area contributed by atoms with E-state index in [4.69, 9.17) is 14.1 Å². The van der Waals surface area contributed by atoms with E-state index < -0.39 is 0 Å². The van der Waals surface area contributed by atoms with Crippen LogP contribution in [0.2, 0.25) is 0 Å². The van der Waals surface area contributed by atoms with Gasteiger partial charge in [-0.15, -0.1) is 24.0 Å². The molecular weight excluding hydrogens is 455 g/mol. The summed E-state index contributed by atoms with van der Waals surface area (Å²) in [5, 5.41) is 7.15. The van der Waals surface area contributed by atoms with Crippen LogP contribution in [0.3, 0.4) is 0 Å². The Kier molecular flexibility index (Phi) is 9.92. The van der Waals surface area contributed by atoms with Gasteiger partial charge in [0.25, 0.3) is 0 Å². The van der Waals surface area contributed by atoms with E-state index in [9.17, 15) is 0 Å². The zero-order valence-corrected chi connectivity index (χ0v) is 19.0. The summed E-state index contributed by atoms with van der Waals surface area (Å²) in [6.07, 6.45) is 6.06. The van der Waals surface area contributed by atoms with Gasteiger partial charge in [-0.1, -0.05) is 0 Å². The summed E-state index contributed by atoms with van der Waals surface area (Å²) in [6, 6.07) is 5.09. The van der Waals surface area contributed by atoms with Gasteiger partial charge in [0.05, 0.1) is 12.9 Å². The van der Waals surface area contributed by atoms with Crippen molar-refractivity contribution in [2.45, 2.75) is 51.6 Å². The van der Waals surface area contributed by atoms with Gasteiger partial charge in [-0.05, 0) is 45.2 Å². The number of aliphatic imine (C=N–C) groups is 1. The second kappa shape index (κ2) is 11.9. The normalized spacial score (nSPS) is 22.0. The van der Waals surface area contributed by atoms with Crippen LogP contribution in [-0.2, 0) is 11.2 Å². The van der Waals surface area contributed by atoms with E-state index in [1.54, 1.807) is 6.26 Å². The molecule has 2 fully saturated rings. The van der Waals surface area contributed by atoms with Crippen LogP contribution in [0.15, 0.2) is 27.8 Å². The van der Waals surface area contributed by atoms with Gasteiger partial charge >= 0.3 is 0 Å². The summed E-state index contributed by atoms with van der Waals surface area (Å²) in [6.45, 7) is 10.3. The Bertz CT molecular complexity index is 536. The minimum absolute atomic E-state index is 0. The molecule has 0 radical (unpaired) electrons. The average molecular weight is 490 g/mol. The zero-order chi connectivity index (χ0) is 18.2. The van der Waals surface area contributed by atoms with E-state index >= 15 is 0 Å². The second-order valence-corrected chi connectivity index (χ2v) is 7.72. The van der Waals surface area contributed by atoms with Crippen molar-refractivity contribution in [3.8, 4) is 0 Å². The lowest BCUT2D eigenvalue weighted by Gasteiger charge is -2.35. The molecule has 0 spiro atoms. The molecule has 2 aliphatic rings. The summed E-state index contributed by atoms with van der Waals surface area (Å²) in [7, 11) is 0. The molecule has 0 amide bonds. The highest BCUT2D eigenvalue weighted by molar-refractivity contribution is 14.0. The molecule has 0 aliphatic carbocycles. The zero-order valence-electron chi connectivity index (χ0n) is 16.7. The Morgan fingerprint density at radius 2 is 2.11 bits per heavy atom. The van der Waals surface area contributed by atoms with Crippen molar-refractivity contribution in [1.82, 2.24) is 15.5 Å². The summed E-state index contributed by atoms with van der Waals surface area (Å²) in [5.74, 6) is 2.50. The highest BCUT2D eigenvalue weighted by Gasteiger charge is 2.22. The van der Waals surface area contributed by atoms with Crippen molar-refractivity contribution in [3.63, 3.8) is 0 Å². The highest BCUT2D eigenvalue weighted by Crippen LogP contribution is 2.14. The fourth-order valence-corrected chi connectivity index (χ4v) is 3.61. The molecule has 0 aromatic carbocycles. The lowest BCUT2D eigenvalue weighted by Crippen LogP contribution is -2.50. The maximum absolute atomic E-state index is 5.48. The lowest BCUT2D eigenvalue weighted by molar-refractivity contribution is 0.167. The maximum atomic E-state index is 5.48. The van der Waals surface area contributed by atoms with Crippen molar-refractivity contribution >= 4 is 29.9 Å². The predicted molar refractivity (Wildman–Crippen MR) is 120 cm³/mol. The van der Waals surface area contributed by atoms with Crippen molar-refractivity contribution < 1.29 is 9.15 Å². The Morgan fingerprint density at radius 3 is 2.74 bits per heavy atom. The SMILES string of the molecule is CC(C)N1CCC(NC(=NCC2CCOC2)NCCc2ccco2)CC1.I. The fourth-order valence-electron chi connectivity index (χ4n) is 3.61. The second-order valence-electron chi connectivity index (χ2n) is 7.72. The van der Waals surface area contributed by atoms with Crippen LogP contribution < -0.4 is 10.6 Å². The van der Waals surface area contributed by atoms with Crippen molar-refractivity contribution in [1.29, 1.82) is 0 Å². The molecule has 0 bridgehead atoms. The summed E-state index contributed by atoms with van der Waals surface area (Å²) in [4.78, 5) is 7.39. The van der Waals surface area contributed by atoms with E-state index in [0.717, 1.165) is 64.0 Å². The van der Waals surface area contributed by atoms with E-state index in [2.05, 4.69) is 29.4 Å². The summed E-state index contributed by atoms with van der Waals surface area (Å²) in [5.41, 5.74) is 0. The molecule has 0 saturated carbocycles. The van der Waals surface area contributed by atoms with Crippen molar-refractivity contribution in [2.24, 2.45) is 10.9 Å². The first-order valence-electron chi connectivity index (χ1n) is 10.1. The van der Waals surface area contributed by atoms with Gasteiger partial charge in [0, 0.05) is 57.2 Å². The number of hydrogen-bond donors (Lipinski definition) is 2. The maximum Gasteiger partial charge on any atom is 0.191 e. The van der Waals surface area contributed by atoms with Crippen molar-refractivity contribution in [2.75, 3.05) is 39.4 Å². The van der Waals surface area contributed by atoms with Gasteiger partial charge in [0.2, 0.25) is 0 Å². The fraction of sp³-hybridized carbons (Fsp3) is 0.750. The molecule has 2 aliphatic heterocycles. The van der Waals surface area contributed by atoms with E-state index in [-0.39, 0.29) is 24.0 Å². The third-order valence-corrected chi connectivity index (χ3v) is 5.38. The van der Waals surface area contributed by atoms with Gasteiger partial charge in [-0.25, -0.2) is 0 Å². The monoisotopic (exact) mass is 490 g/mol. The Labute approximate surface area is 180 Å². The lowest BCUT2D eigenvalue weighted by atomic mass is 10.0. The highest BCUT2D eigenvalue weighted by atomic mass is 127. The van der Waals surface area contributed by atoms with Crippen LogP contribution >= 0.6 is 24.0 Å². The van der Waals surface area contributed by atoms with E-state index in [1.165, 1.54) is 12.8 Å². The number of piperidine rings is 1. The number of furan rings is 1. The Hall–Kier alpha value is -0.800. The number of ether oxygens (including phenoxy) is 1. The number of likely N-dealkylation sites (tertiary alicyclic amines) is 1. The minimum Gasteiger partial charge on any atom is -0.469 e. The molecule has 3 rings (SSSR count). The molecule has 2 saturated heterocycles. The van der Waals surface area contributed by atoms with Crippen molar-refractivity contribution in [3.05, 3.63) is 24.2 Å². The third kappa shape index (κ3) is 7.62. The third-order valence-electron chi connectivity index (χ3n) is 5.38. The first-order valence-corrected chi connectivity index (χ1v) is 10.1. The standard InChI is InChI=1S/C20H34N4O2.HI/c1-16(2)24-10-6-18(7-11-24)23-20(22-14-17-8-13-25-15-17)21-9-5-19-4-3-12-26-19;/h3-4,12,16-18H,5-11,13-15H2,1-2H3,(H2,21,22,23);1H. The molecule has 154 valence electrons. The van der Waals surface area contributed by atoms with Gasteiger partial charge in [0.1, 0.15) is 5.76 Å². The average Bonchev–Trinajstić information content (AvgIpc) is 3.34. The first kappa shape index (κ1) is 22.5. The van der Waals surface area contributed by atoms with Crippen LogP contribution in [0.5, 0.6) is 0 Å². The van der Waals surface area contributed by atoms with Crippen LogP contribution in [0.1, 0.15) is 38.9 Å². The number of hydrogen-bond acceptors (Lipinski definition) is 4. The number of nitrogens with one attached hydrogen (secondary N) is 2. The number of halogens is 1. The predicted octanol–water partition coefficient (Wildman–Crippen LogP) is 2.88. The number of nitrogens with zero attached hydrogens (tertiary/aromatic N) is 2. The Balaban J connectivity index is 0.00000261. The topological polar surface area (TPSA) is 62.0 Å². The first-order chi connectivity index (χ1) is 12.7. The molecule has 3 heterocycles. The minimum atomic E-state index is 0. The van der Waals surface area contributed by atoms with Crippen LogP contribution in [-0.4, -0.2) is 62.3 Å². The summed E-state index contributed by atoms with van der Waals surface area (Å²) >= 11 is 0. The molecule has 1 aromatic rings.